The quantitative estimate of drug-likeness (QED) is 0.617. The van der Waals surface area contributed by atoms with Crippen molar-refractivity contribution in [3.05, 3.63) is 41.6 Å². The number of amides is 2. The van der Waals surface area contributed by atoms with E-state index in [2.05, 4.69) is 26.3 Å². The molecule has 2 aliphatic rings. The standard InChI is InChI=1S/C21H24FN5O2/c1-21(22)15-9-13(7-8-16(15)27-20(21)29)26-18-10-17(25-12-5-3-4-6-12)14(11-24-18)19(28)23-2/h7-12H,3-6H2,1-2H3,(H,23,28)(H,27,29)(H2,24,25,26). The van der Waals surface area contributed by atoms with Crippen LogP contribution in [0.1, 0.15) is 48.5 Å². The van der Waals surface area contributed by atoms with Crippen LogP contribution in [0, 0.1) is 0 Å². The van der Waals surface area contributed by atoms with Gasteiger partial charge in [0.25, 0.3) is 11.8 Å². The minimum atomic E-state index is -2.07. The monoisotopic (exact) mass is 397 g/mol. The van der Waals surface area contributed by atoms with Crippen molar-refractivity contribution in [1.82, 2.24) is 10.3 Å². The highest BCUT2D eigenvalue weighted by molar-refractivity contribution is 6.05. The zero-order chi connectivity index (χ0) is 20.6. The number of pyridine rings is 1. The number of fused-ring (bicyclic) bond motifs is 1. The second-order valence-electron chi connectivity index (χ2n) is 7.66. The largest absolute Gasteiger partial charge is 0.382 e. The molecule has 1 fully saturated rings. The first-order chi connectivity index (χ1) is 13.9. The van der Waals surface area contributed by atoms with Gasteiger partial charge in [-0.15, -0.1) is 0 Å². The van der Waals surface area contributed by atoms with Crippen LogP contribution in [0.5, 0.6) is 0 Å². The Kier molecular flexibility index (Phi) is 4.86. The molecule has 1 saturated carbocycles. The maximum absolute atomic E-state index is 14.7. The zero-order valence-electron chi connectivity index (χ0n) is 16.4. The lowest BCUT2D eigenvalue weighted by Crippen LogP contribution is -2.25. The molecule has 2 amide bonds. The van der Waals surface area contributed by atoms with E-state index in [0.717, 1.165) is 12.8 Å². The second-order valence-corrected chi connectivity index (χ2v) is 7.66. The van der Waals surface area contributed by atoms with Crippen molar-refractivity contribution in [1.29, 1.82) is 0 Å². The summed E-state index contributed by atoms with van der Waals surface area (Å²) in [6.07, 6.45) is 6.01. The Hall–Kier alpha value is -3.16. The van der Waals surface area contributed by atoms with Crippen LogP contribution in [0.4, 0.5) is 27.3 Å². The first-order valence-corrected chi connectivity index (χ1v) is 9.79. The highest BCUT2D eigenvalue weighted by Gasteiger charge is 2.43. The zero-order valence-corrected chi connectivity index (χ0v) is 16.4. The van der Waals surface area contributed by atoms with E-state index in [1.54, 1.807) is 31.3 Å². The molecule has 7 nitrogen and oxygen atoms in total. The lowest BCUT2D eigenvalue weighted by atomic mass is 9.99. The molecular formula is C21H24FN5O2. The summed E-state index contributed by atoms with van der Waals surface area (Å²) in [5.41, 5.74) is 0.484. The third-order valence-electron chi connectivity index (χ3n) is 5.56. The Bertz CT molecular complexity index is 970. The van der Waals surface area contributed by atoms with Crippen LogP contribution in [-0.4, -0.2) is 29.9 Å². The third kappa shape index (κ3) is 3.62. The minimum absolute atomic E-state index is 0.208. The normalized spacial score (nSPS) is 20.9. The van der Waals surface area contributed by atoms with Gasteiger partial charge >= 0.3 is 0 Å². The fourth-order valence-electron chi connectivity index (χ4n) is 3.88. The van der Waals surface area contributed by atoms with E-state index >= 15 is 0 Å². The molecule has 1 atom stereocenters. The molecule has 4 rings (SSSR count). The number of alkyl halides is 1. The summed E-state index contributed by atoms with van der Waals surface area (Å²) in [7, 11) is 1.58. The number of carbonyl (C=O) groups excluding carboxylic acids is 2. The van der Waals surface area contributed by atoms with Gasteiger partial charge in [0.2, 0.25) is 5.67 Å². The number of nitrogens with one attached hydrogen (secondary N) is 4. The highest BCUT2D eigenvalue weighted by Crippen LogP contribution is 2.40. The molecular weight excluding hydrogens is 373 g/mol. The molecule has 1 aromatic heterocycles. The van der Waals surface area contributed by atoms with E-state index in [0.29, 0.717) is 40.0 Å². The van der Waals surface area contributed by atoms with Crippen molar-refractivity contribution in [2.24, 2.45) is 0 Å². The summed E-state index contributed by atoms with van der Waals surface area (Å²) in [5, 5.41) is 11.8. The number of nitrogens with zero attached hydrogens (tertiary/aromatic N) is 1. The van der Waals surface area contributed by atoms with Crippen LogP contribution in [-0.2, 0) is 10.5 Å². The van der Waals surface area contributed by atoms with Crippen molar-refractivity contribution in [3.63, 3.8) is 0 Å². The maximum Gasteiger partial charge on any atom is 0.266 e. The number of aromatic nitrogens is 1. The Labute approximate surface area is 168 Å². The van der Waals surface area contributed by atoms with Crippen molar-refractivity contribution in [3.8, 4) is 0 Å². The van der Waals surface area contributed by atoms with Crippen molar-refractivity contribution >= 4 is 34.7 Å². The molecule has 0 radical (unpaired) electrons. The van der Waals surface area contributed by atoms with Gasteiger partial charge in [-0.25, -0.2) is 9.37 Å². The van der Waals surface area contributed by atoms with Crippen molar-refractivity contribution < 1.29 is 14.0 Å². The average Bonchev–Trinajstić information content (AvgIpc) is 3.28. The molecule has 0 spiro atoms. The maximum atomic E-state index is 14.7. The Morgan fingerprint density at radius 1 is 1.28 bits per heavy atom. The van der Waals surface area contributed by atoms with Gasteiger partial charge in [-0.05, 0) is 38.0 Å². The first kappa shape index (κ1) is 19.2. The van der Waals surface area contributed by atoms with E-state index in [1.807, 2.05) is 0 Å². The Balaban J connectivity index is 1.61. The second kappa shape index (κ2) is 7.35. The lowest BCUT2D eigenvalue weighted by Gasteiger charge is -2.18. The molecule has 1 unspecified atom stereocenters. The Morgan fingerprint density at radius 3 is 2.76 bits per heavy atom. The fourth-order valence-corrected chi connectivity index (χ4v) is 3.88. The number of anilines is 4. The fraction of sp³-hybridized carbons (Fsp3) is 0.381. The van der Waals surface area contributed by atoms with Gasteiger partial charge in [0, 0.05) is 42.3 Å². The summed E-state index contributed by atoms with van der Waals surface area (Å²) in [4.78, 5) is 28.3. The molecule has 1 aromatic carbocycles. The van der Waals surface area contributed by atoms with E-state index in [4.69, 9.17) is 0 Å². The van der Waals surface area contributed by atoms with Gasteiger partial charge in [0.1, 0.15) is 5.82 Å². The minimum Gasteiger partial charge on any atom is -0.382 e. The third-order valence-corrected chi connectivity index (χ3v) is 5.56. The lowest BCUT2D eigenvalue weighted by molar-refractivity contribution is -0.125. The van der Waals surface area contributed by atoms with Gasteiger partial charge in [-0.3, -0.25) is 9.59 Å². The average molecular weight is 397 g/mol. The van der Waals surface area contributed by atoms with Crippen molar-refractivity contribution in [2.75, 3.05) is 23.0 Å². The summed E-state index contributed by atoms with van der Waals surface area (Å²) in [5.74, 6) is -0.350. The molecule has 0 saturated heterocycles. The number of rotatable bonds is 5. The molecule has 2 heterocycles. The van der Waals surface area contributed by atoms with Gasteiger partial charge in [0.15, 0.2) is 0 Å². The summed E-state index contributed by atoms with van der Waals surface area (Å²) >= 11 is 0. The summed E-state index contributed by atoms with van der Waals surface area (Å²) in [6.45, 7) is 1.25. The highest BCUT2D eigenvalue weighted by atomic mass is 19.1. The number of hydrogen-bond donors (Lipinski definition) is 4. The predicted molar refractivity (Wildman–Crippen MR) is 110 cm³/mol. The van der Waals surface area contributed by atoms with Gasteiger partial charge in [-0.1, -0.05) is 12.8 Å². The van der Waals surface area contributed by atoms with E-state index in [-0.39, 0.29) is 5.91 Å². The molecule has 152 valence electrons. The number of carbonyl (C=O) groups is 2. The van der Waals surface area contributed by atoms with Crippen LogP contribution >= 0.6 is 0 Å². The van der Waals surface area contributed by atoms with Gasteiger partial charge < -0.3 is 21.3 Å². The smallest absolute Gasteiger partial charge is 0.266 e. The Morgan fingerprint density at radius 2 is 2.03 bits per heavy atom. The predicted octanol–water partition coefficient (Wildman–Crippen LogP) is 3.68. The van der Waals surface area contributed by atoms with Crippen LogP contribution < -0.4 is 21.3 Å². The molecule has 1 aliphatic carbocycles. The van der Waals surface area contributed by atoms with Crippen LogP contribution in [0.25, 0.3) is 0 Å². The molecule has 8 heteroatoms. The van der Waals surface area contributed by atoms with Gasteiger partial charge in [-0.2, -0.15) is 0 Å². The number of halogens is 1. The topological polar surface area (TPSA) is 95.2 Å². The van der Waals surface area contributed by atoms with E-state index < -0.39 is 11.6 Å². The molecule has 0 bridgehead atoms. The SMILES string of the molecule is CNC(=O)c1cnc(Nc2ccc3c(c2)C(C)(F)C(=O)N3)cc1NC1CCCC1. The molecule has 1 aliphatic heterocycles. The summed E-state index contributed by atoms with van der Waals surface area (Å²) < 4.78 is 14.7. The first-order valence-electron chi connectivity index (χ1n) is 9.79. The molecule has 29 heavy (non-hydrogen) atoms. The number of benzene rings is 1. The summed E-state index contributed by atoms with van der Waals surface area (Å²) in [6, 6.07) is 7.13. The van der Waals surface area contributed by atoms with Crippen LogP contribution in [0.15, 0.2) is 30.5 Å². The van der Waals surface area contributed by atoms with E-state index in [9.17, 15) is 14.0 Å². The van der Waals surface area contributed by atoms with E-state index in [1.165, 1.54) is 26.0 Å². The van der Waals surface area contributed by atoms with Crippen LogP contribution in [0.2, 0.25) is 0 Å². The number of hydrogen-bond acceptors (Lipinski definition) is 5. The van der Waals surface area contributed by atoms with Crippen molar-refractivity contribution in [2.45, 2.75) is 44.3 Å². The van der Waals surface area contributed by atoms with Crippen LogP contribution in [0.3, 0.4) is 0 Å². The van der Waals surface area contributed by atoms with Gasteiger partial charge in [0.05, 0.1) is 11.3 Å². The molecule has 2 aromatic rings. The molecule has 4 N–H and O–H groups in total.